The lowest BCUT2D eigenvalue weighted by atomic mass is 9.80. The lowest BCUT2D eigenvalue weighted by Crippen LogP contribution is -2.31. The average molecular weight is 151 g/mol. The van der Waals surface area contributed by atoms with Crippen molar-refractivity contribution in [3.63, 3.8) is 0 Å². The van der Waals surface area contributed by atoms with Crippen molar-refractivity contribution < 1.29 is 5.11 Å². The first-order chi connectivity index (χ1) is 5.02. The molecule has 0 aromatic heterocycles. The maximum atomic E-state index is 9.75. The van der Waals surface area contributed by atoms with Gasteiger partial charge in [0.1, 0.15) is 0 Å². The molecular weight excluding hydrogens is 136 g/mol. The van der Waals surface area contributed by atoms with Crippen LogP contribution in [0.4, 0.5) is 0 Å². The van der Waals surface area contributed by atoms with Crippen LogP contribution in [-0.2, 0) is 0 Å². The molecule has 1 rings (SSSR count). The van der Waals surface area contributed by atoms with Gasteiger partial charge in [-0.05, 0) is 31.1 Å². The molecule has 11 heavy (non-hydrogen) atoms. The minimum Gasteiger partial charge on any atom is -0.392 e. The van der Waals surface area contributed by atoms with Crippen LogP contribution < -0.4 is 0 Å². The van der Waals surface area contributed by atoms with Gasteiger partial charge in [0.05, 0.1) is 6.10 Å². The molecule has 0 unspecified atom stereocenters. The van der Waals surface area contributed by atoms with Crippen LogP contribution in [0.25, 0.3) is 0 Å². The van der Waals surface area contributed by atoms with E-state index in [-0.39, 0.29) is 11.5 Å². The standard InChI is InChI=1S/C10H15O/c1-10(2,3)9(11)8-6-4-5-7-8/h4-7,9,11H,1-3H3/t9-/m0/s1. The van der Waals surface area contributed by atoms with Gasteiger partial charge < -0.3 is 5.11 Å². The fourth-order valence-corrected chi connectivity index (χ4v) is 1.07. The molecular formula is C10H15O. The Hall–Kier alpha value is -0.0400. The summed E-state index contributed by atoms with van der Waals surface area (Å²) in [5.74, 6) is 1.01. The number of hydrogen-bond acceptors (Lipinski definition) is 1. The first kappa shape index (κ1) is 9.05. The average Bonchev–Trinajstić information content (AvgIpc) is 2.34. The summed E-state index contributed by atoms with van der Waals surface area (Å²) in [7, 11) is 0. The zero-order chi connectivity index (χ0) is 8.48. The van der Waals surface area contributed by atoms with Crippen LogP contribution in [0.2, 0.25) is 0 Å². The molecule has 0 bridgehead atoms. The third-order valence-corrected chi connectivity index (χ3v) is 1.82. The van der Waals surface area contributed by atoms with Gasteiger partial charge in [0.15, 0.2) is 0 Å². The second-order valence-corrected chi connectivity index (χ2v) is 3.99. The molecule has 1 heteroatoms. The van der Waals surface area contributed by atoms with Gasteiger partial charge in [-0.2, -0.15) is 0 Å². The number of rotatable bonds is 1. The van der Waals surface area contributed by atoms with Crippen molar-refractivity contribution in [2.24, 2.45) is 5.41 Å². The highest BCUT2D eigenvalue weighted by Crippen LogP contribution is 2.34. The highest BCUT2D eigenvalue weighted by molar-refractivity contribution is 5.38. The zero-order valence-electron chi connectivity index (χ0n) is 7.33. The third kappa shape index (κ3) is 2.19. The van der Waals surface area contributed by atoms with Crippen LogP contribution >= 0.6 is 0 Å². The third-order valence-electron chi connectivity index (χ3n) is 1.82. The molecule has 1 atom stereocenters. The van der Waals surface area contributed by atoms with E-state index in [1.54, 1.807) is 0 Å². The highest BCUT2D eigenvalue weighted by Gasteiger charge is 2.32. The zero-order valence-corrected chi connectivity index (χ0v) is 7.33. The topological polar surface area (TPSA) is 20.2 Å². The predicted molar refractivity (Wildman–Crippen MR) is 45.9 cm³/mol. The summed E-state index contributed by atoms with van der Waals surface area (Å²) < 4.78 is 0. The van der Waals surface area contributed by atoms with E-state index in [1.165, 1.54) is 0 Å². The monoisotopic (exact) mass is 151 g/mol. The van der Waals surface area contributed by atoms with E-state index in [1.807, 2.05) is 46.5 Å². The smallest absolute Gasteiger partial charge is 0.0656 e. The van der Waals surface area contributed by atoms with Crippen molar-refractivity contribution in [2.75, 3.05) is 0 Å². The predicted octanol–water partition coefficient (Wildman–Crippen LogP) is 1.80. The van der Waals surface area contributed by atoms with Gasteiger partial charge in [-0.3, -0.25) is 0 Å². The quantitative estimate of drug-likeness (QED) is 0.606. The van der Waals surface area contributed by atoms with Gasteiger partial charge >= 0.3 is 0 Å². The summed E-state index contributed by atoms with van der Waals surface area (Å²) in [6.45, 7) is 6.10. The molecule has 0 aromatic carbocycles. The first-order valence-electron chi connectivity index (χ1n) is 3.91. The largest absolute Gasteiger partial charge is 0.392 e. The maximum absolute atomic E-state index is 9.75. The van der Waals surface area contributed by atoms with E-state index in [0.29, 0.717) is 0 Å². The van der Waals surface area contributed by atoms with Crippen LogP contribution in [0.3, 0.4) is 0 Å². The van der Waals surface area contributed by atoms with Crippen molar-refractivity contribution in [3.8, 4) is 0 Å². The van der Waals surface area contributed by atoms with Crippen LogP contribution in [-0.4, -0.2) is 11.2 Å². The fourth-order valence-electron chi connectivity index (χ4n) is 1.07. The Balaban J connectivity index is 2.46. The van der Waals surface area contributed by atoms with Crippen LogP contribution in [0.15, 0.2) is 0 Å². The Morgan fingerprint density at radius 1 is 1.18 bits per heavy atom. The number of aliphatic hydroxyl groups excluding tert-OH is 1. The van der Waals surface area contributed by atoms with E-state index in [9.17, 15) is 5.11 Å². The van der Waals surface area contributed by atoms with E-state index in [0.717, 1.165) is 5.92 Å². The van der Waals surface area contributed by atoms with E-state index >= 15 is 0 Å². The van der Waals surface area contributed by atoms with E-state index in [2.05, 4.69) is 0 Å². The van der Waals surface area contributed by atoms with Gasteiger partial charge in [-0.15, -0.1) is 0 Å². The van der Waals surface area contributed by atoms with Crippen molar-refractivity contribution in [1.82, 2.24) is 0 Å². The molecule has 0 saturated heterocycles. The Morgan fingerprint density at radius 3 is 2.00 bits per heavy atom. The molecule has 1 N–H and O–H groups in total. The first-order valence-corrected chi connectivity index (χ1v) is 3.91. The second-order valence-electron chi connectivity index (χ2n) is 3.99. The van der Waals surface area contributed by atoms with Crippen LogP contribution in [0.1, 0.15) is 20.8 Å². The van der Waals surface area contributed by atoms with Crippen molar-refractivity contribution >= 4 is 0 Å². The van der Waals surface area contributed by atoms with E-state index < -0.39 is 0 Å². The van der Waals surface area contributed by atoms with Gasteiger partial charge in [-0.25, -0.2) is 0 Å². The normalized spacial score (nSPS) is 24.0. The van der Waals surface area contributed by atoms with Gasteiger partial charge in [0, 0.05) is 5.92 Å². The summed E-state index contributed by atoms with van der Waals surface area (Å²) in [4.78, 5) is 0. The second kappa shape index (κ2) is 3.14. The molecule has 1 fully saturated rings. The summed E-state index contributed by atoms with van der Waals surface area (Å²) in [6, 6.07) is 0. The lowest BCUT2D eigenvalue weighted by molar-refractivity contribution is 0.0823. The molecule has 0 amide bonds. The summed E-state index contributed by atoms with van der Waals surface area (Å²) in [5.41, 5.74) is -0.0612. The molecule has 0 aromatic rings. The minimum absolute atomic E-state index is 0.0612. The molecule has 0 aliphatic heterocycles. The summed E-state index contributed by atoms with van der Waals surface area (Å²) in [6.07, 6.45) is 7.46. The fraction of sp³-hybridized carbons (Fsp3) is 0.500. The Bertz CT molecular complexity index is 117. The molecule has 1 saturated carbocycles. The Kier molecular flexibility index (Phi) is 2.58. The Morgan fingerprint density at radius 2 is 1.64 bits per heavy atom. The lowest BCUT2D eigenvalue weighted by Gasteiger charge is -2.29. The SMILES string of the molecule is CC(C)(C)[C@@H](O)[C]1[CH][CH][CH][CH]1. The van der Waals surface area contributed by atoms with Gasteiger partial charge in [0.2, 0.25) is 0 Å². The number of aliphatic hydroxyl groups is 1. The van der Waals surface area contributed by atoms with Crippen LogP contribution in [0.5, 0.6) is 0 Å². The van der Waals surface area contributed by atoms with Gasteiger partial charge in [0.25, 0.3) is 0 Å². The summed E-state index contributed by atoms with van der Waals surface area (Å²) in [5, 5.41) is 9.75. The minimum atomic E-state index is -0.350. The summed E-state index contributed by atoms with van der Waals surface area (Å²) >= 11 is 0. The van der Waals surface area contributed by atoms with Crippen molar-refractivity contribution in [1.29, 1.82) is 0 Å². The van der Waals surface area contributed by atoms with Gasteiger partial charge in [-0.1, -0.05) is 20.8 Å². The molecule has 1 aliphatic carbocycles. The maximum Gasteiger partial charge on any atom is 0.0656 e. The molecule has 0 spiro atoms. The van der Waals surface area contributed by atoms with Crippen molar-refractivity contribution in [2.45, 2.75) is 26.9 Å². The molecule has 0 heterocycles. The molecule has 5 radical (unpaired) electrons. The molecule has 61 valence electrons. The molecule has 1 nitrogen and oxygen atoms in total. The van der Waals surface area contributed by atoms with E-state index in [4.69, 9.17) is 0 Å². The highest BCUT2D eigenvalue weighted by atomic mass is 16.3. The number of hydrogen-bond donors (Lipinski definition) is 1. The molecule has 1 aliphatic rings. The van der Waals surface area contributed by atoms with Crippen molar-refractivity contribution in [3.05, 3.63) is 31.6 Å². The van der Waals surface area contributed by atoms with Crippen LogP contribution in [0, 0.1) is 37.0 Å². The Labute approximate surface area is 69.8 Å².